The van der Waals surface area contributed by atoms with E-state index in [1.54, 1.807) is 35.2 Å². The van der Waals surface area contributed by atoms with Crippen LogP contribution in [0.2, 0.25) is 0 Å². The van der Waals surface area contributed by atoms with E-state index in [2.05, 4.69) is 4.76 Å². The first-order valence-electron chi connectivity index (χ1n) is 3.49. The van der Waals surface area contributed by atoms with E-state index in [1.807, 2.05) is 0 Å². The molecular formula is C6H8BNO4S. The maximum Gasteiger partial charge on any atom is 0.509 e. The maximum absolute atomic E-state index is 10.0. The fraction of sp³-hybridized carbons (Fsp3) is 0. The Hall–Kier alpha value is -0.885. The first-order valence-corrected chi connectivity index (χ1v) is 4.66. The standard InChI is InChI=1S/C6H8BNO4S/c9-7(12-8-13(10)11)6-4-2-1-3-5-6/h1-5,9,13H,(H,8,10,11). The molecule has 0 amide bonds. The predicted molar refractivity (Wildman–Crippen MR) is 48.6 cm³/mol. The van der Waals surface area contributed by atoms with Gasteiger partial charge in [-0.25, -0.2) is 8.42 Å². The van der Waals surface area contributed by atoms with Crippen molar-refractivity contribution in [1.29, 1.82) is 0 Å². The Morgan fingerprint density at radius 1 is 1.31 bits per heavy atom. The lowest BCUT2D eigenvalue weighted by atomic mass is 9.80. The van der Waals surface area contributed by atoms with Crippen molar-refractivity contribution in [3.05, 3.63) is 30.3 Å². The van der Waals surface area contributed by atoms with Gasteiger partial charge in [0.2, 0.25) is 10.9 Å². The highest BCUT2D eigenvalue weighted by Gasteiger charge is 2.15. The SMILES string of the molecule is O=[SH](=O)NOB(O)c1ccccc1. The topological polar surface area (TPSA) is 75.6 Å². The van der Waals surface area contributed by atoms with Gasteiger partial charge in [0.25, 0.3) is 0 Å². The quantitative estimate of drug-likeness (QED) is 0.312. The Kier molecular flexibility index (Phi) is 3.90. The van der Waals surface area contributed by atoms with Crippen LogP contribution < -0.4 is 10.3 Å². The van der Waals surface area contributed by atoms with Crippen molar-refractivity contribution in [2.24, 2.45) is 0 Å². The lowest BCUT2D eigenvalue weighted by molar-refractivity contribution is 0.232. The summed E-state index contributed by atoms with van der Waals surface area (Å²) in [7, 11) is -4.14. The average Bonchev–Trinajstić information content (AvgIpc) is 2.15. The van der Waals surface area contributed by atoms with Crippen molar-refractivity contribution in [3.63, 3.8) is 0 Å². The van der Waals surface area contributed by atoms with Gasteiger partial charge in [-0.1, -0.05) is 30.3 Å². The maximum atomic E-state index is 10.0. The highest BCUT2D eigenvalue weighted by Crippen LogP contribution is 1.85. The molecule has 0 spiro atoms. The van der Waals surface area contributed by atoms with E-state index in [0.717, 1.165) is 0 Å². The fourth-order valence-corrected chi connectivity index (χ4v) is 0.965. The molecule has 2 N–H and O–H groups in total. The van der Waals surface area contributed by atoms with Gasteiger partial charge >= 0.3 is 7.12 Å². The normalized spacial score (nSPS) is 10.3. The van der Waals surface area contributed by atoms with Crippen LogP contribution in [0, 0.1) is 0 Å². The van der Waals surface area contributed by atoms with E-state index < -0.39 is 18.0 Å². The third kappa shape index (κ3) is 3.56. The molecule has 13 heavy (non-hydrogen) atoms. The summed E-state index contributed by atoms with van der Waals surface area (Å²) >= 11 is 0. The Balaban J connectivity index is 2.54. The van der Waals surface area contributed by atoms with Crippen LogP contribution >= 0.6 is 0 Å². The first-order chi connectivity index (χ1) is 6.20. The molecule has 0 saturated carbocycles. The Bertz CT molecular complexity index is 321. The molecule has 0 aliphatic carbocycles. The second kappa shape index (κ2) is 4.98. The van der Waals surface area contributed by atoms with Gasteiger partial charge < -0.3 is 9.78 Å². The van der Waals surface area contributed by atoms with Crippen LogP contribution in [-0.2, 0) is 15.6 Å². The molecule has 0 bridgehead atoms. The minimum absolute atomic E-state index is 0.479. The summed E-state index contributed by atoms with van der Waals surface area (Å²) in [6, 6.07) is 8.42. The van der Waals surface area contributed by atoms with E-state index >= 15 is 0 Å². The zero-order valence-electron chi connectivity index (χ0n) is 6.58. The van der Waals surface area contributed by atoms with Crippen LogP contribution in [0.1, 0.15) is 0 Å². The van der Waals surface area contributed by atoms with Gasteiger partial charge in [-0.3, -0.25) is 0 Å². The van der Waals surface area contributed by atoms with Crippen LogP contribution in [-0.4, -0.2) is 20.6 Å². The highest BCUT2D eigenvalue weighted by atomic mass is 32.2. The molecule has 0 saturated heterocycles. The molecule has 0 heterocycles. The predicted octanol–water partition coefficient (Wildman–Crippen LogP) is -1.58. The molecule has 70 valence electrons. The van der Waals surface area contributed by atoms with Crippen LogP contribution in [0.5, 0.6) is 0 Å². The van der Waals surface area contributed by atoms with Crippen molar-refractivity contribution in [2.45, 2.75) is 0 Å². The van der Waals surface area contributed by atoms with E-state index in [1.165, 1.54) is 0 Å². The summed E-state index contributed by atoms with van der Waals surface area (Å²) in [4.78, 5) is 1.65. The summed E-state index contributed by atoms with van der Waals surface area (Å²) < 4.78 is 24.4. The summed E-state index contributed by atoms with van der Waals surface area (Å²) in [5, 5.41) is 9.22. The minimum Gasteiger partial charge on any atom is -0.422 e. The van der Waals surface area contributed by atoms with Crippen molar-refractivity contribution in [1.82, 2.24) is 4.89 Å². The van der Waals surface area contributed by atoms with Crippen molar-refractivity contribution in [2.75, 3.05) is 0 Å². The first kappa shape index (κ1) is 10.2. The van der Waals surface area contributed by atoms with E-state index in [4.69, 9.17) is 0 Å². The summed E-state index contributed by atoms with van der Waals surface area (Å²) in [5.41, 5.74) is 0.479. The number of benzene rings is 1. The molecule has 1 rings (SSSR count). The van der Waals surface area contributed by atoms with Crippen LogP contribution in [0.4, 0.5) is 0 Å². The van der Waals surface area contributed by atoms with Crippen molar-refractivity contribution >= 4 is 23.5 Å². The molecule has 7 heteroatoms. The van der Waals surface area contributed by atoms with Gasteiger partial charge in [0, 0.05) is 0 Å². The monoisotopic (exact) mass is 201 g/mol. The van der Waals surface area contributed by atoms with E-state index in [0.29, 0.717) is 5.46 Å². The number of thiol groups is 1. The molecule has 0 atom stereocenters. The Morgan fingerprint density at radius 3 is 2.46 bits per heavy atom. The molecule has 0 aliphatic heterocycles. The minimum atomic E-state index is -2.86. The second-order valence-electron chi connectivity index (χ2n) is 2.23. The molecule has 0 unspecified atom stereocenters. The van der Waals surface area contributed by atoms with E-state index in [9.17, 15) is 13.4 Å². The summed E-state index contributed by atoms with van der Waals surface area (Å²) in [6.07, 6.45) is 0. The lowest BCUT2D eigenvalue weighted by Crippen LogP contribution is -2.37. The highest BCUT2D eigenvalue weighted by molar-refractivity contribution is 7.70. The number of hydrogen-bond acceptors (Lipinski definition) is 4. The molecule has 0 radical (unpaired) electrons. The molecule has 5 nitrogen and oxygen atoms in total. The zero-order valence-corrected chi connectivity index (χ0v) is 7.48. The van der Waals surface area contributed by atoms with Crippen molar-refractivity contribution in [3.8, 4) is 0 Å². The van der Waals surface area contributed by atoms with E-state index in [-0.39, 0.29) is 0 Å². The lowest BCUT2D eigenvalue weighted by Gasteiger charge is -2.03. The molecule has 0 fully saturated rings. The van der Waals surface area contributed by atoms with Gasteiger partial charge in [0.05, 0.1) is 0 Å². The molecule has 0 aliphatic rings. The average molecular weight is 201 g/mol. The number of nitrogens with one attached hydrogen (secondary N) is 1. The second-order valence-corrected chi connectivity index (χ2v) is 2.93. The molecule has 1 aromatic carbocycles. The summed E-state index contributed by atoms with van der Waals surface area (Å²) in [5.74, 6) is 0. The van der Waals surface area contributed by atoms with Crippen molar-refractivity contribution < 1.29 is 18.2 Å². The van der Waals surface area contributed by atoms with Gasteiger partial charge in [-0.05, 0) is 5.46 Å². The van der Waals surface area contributed by atoms with Crippen LogP contribution in [0.3, 0.4) is 0 Å². The van der Waals surface area contributed by atoms with Crippen LogP contribution in [0.15, 0.2) is 30.3 Å². The number of rotatable bonds is 4. The summed E-state index contributed by atoms with van der Waals surface area (Å²) in [6.45, 7) is 0. The van der Waals surface area contributed by atoms with Gasteiger partial charge in [-0.2, -0.15) is 0 Å². The Labute approximate surface area is 77.5 Å². The number of hydrogen-bond donors (Lipinski definition) is 3. The van der Waals surface area contributed by atoms with Gasteiger partial charge in [-0.15, -0.1) is 4.89 Å². The molecular weight excluding hydrogens is 193 g/mol. The fourth-order valence-electron chi connectivity index (χ4n) is 0.779. The smallest absolute Gasteiger partial charge is 0.422 e. The largest absolute Gasteiger partial charge is 0.509 e. The van der Waals surface area contributed by atoms with Crippen LogP contribution in [0.25, 0.3) is 0 Å². The van der Waals surface area contributed by atoms with Gasteiger partial charge in [0.15, 0.2) is 0 Å². The zero-order chi connectivity index (χ0) is 9.68. The Morgan fingerprint density at radius 2 is 1.92 bits per heavy atom. The third-order valence-corrected chi connectivity index (χ3v) is 1.58. The molecule has 1 aromatic rings. The van der Waals surface area contributed by atoms with Gasteiger partial charge in [0.1, 0.15) is 0 Å². The molecule has 0 aromatic heterocycles. The third-order valence-electron chi connectivity index (χ3n) is 1.32.